The minimum Gasteiger partial charge on any atom is -0.489 e. The molecule has 5 rings (SSSR count). The van der Waals surface area contributed by atoms with Crippen LogP contribution in [0.2, 0.25) is 0 Å². The maximum atomic E-state index is 9.99. The third-order valence-electron chi connectivity index (χ3n) is 7.52. The summed E-state index contributed by atoms with van der Waals surface area (Å²) in [7, 11) is 0. The lowest BCUT2D eigenvalue weighted by atomic mass is 9.74. The van der Waals surface area contributed by atoms with Gasteiger partial charge in [-0.1, -0.05) is 31.7 Å². The third kappa shape index (κ3) is 5.47. The normalized spacial score (nSPS) is 23.6. The Hall–Kier alpha value is -3.60. The number of rotatable bonds is 6. The summed E-state index contributed by atoms with van der Waals surface area (Å²) >= 11 is 0. The molecule has 0 bridgehead atoms. The first-order valence-electron chi connectivity index (χ1n) is 13.4. The van der Waals surface area contributed by atoms with E-state index in [1.165, 1.54) is 5.69 Å². The molecular weight excluding hydrogens is 476 g/mol. The number of nitriles is 1. The van der Waals surface area contributed by atoms with Crippen molar-refractivity contribution in [1.29, 1.82) is 5.26 Å². The molecule has 7 nitrogen and oxygen atoms in total. The van der Waals surface area contributed by atoms with Gasteiger partial charge in [0, 0.05) is 42.6 Å². The summed E-state index contributed by atoms with van der Waals surface area (Å²) in [4.78, 5) is 10.7. The van der Waals surface area contributed by atoms with Crippen LogP contribution in [0, 0.1) is 16.7 Å². The number of hydrogen-bond acceptors (Lipinski definition) is 6. The van der Waals surface area contributed by atoms with Crippen LogP contribution < -0.4 is 15.6 Å². The Morgan fingerprint density at radius 1 is 1.18 bits per heavy atom. The summed E-state index contributed by atoms with van der Waals surface area (Å²) in [6.07, 6.45) is 10.7. The van der Waals surface area contributed by atoms with E-state index in [4.69, 9.17) is 19.2 Å². The minimum atomic E-state index is -0.431. The number of ether oxygens (including phenoxy) is 3. The number of aromatic nitrogens is 2. The minimum absolute atomic E-state index is 0.0880. The molecular formula is C31H36N4O3. The summed E-state index contributed by atoms with van der Waals surface area (Å²) < 4.78 is 17.2. The van der Waals surface area contributed by atoms with Gasteiger partial charge in [-0.2, -0.15) is 5.26 Å². The molecule has 2 saturated heterocycles. The van der Waals surface area contributed by atoms with Crippen molar-refractivity contribution in [2.75, 3.05) is 44.4 Å². The number of morpholine rings is 1. The molecule has 1 atom stereocenters. The molecule has 0 saturated carbocycles. The van der Waals surface area contributed by atoms with E-state index in [1.807, 2.05) is 19.1 Å². The second-order valence-electron chi connectivity index (χ2n) is 10.3. The number of aromatic amines is 1. The highest BCUT2D eigenvalue weighted by atomic mass is 16.5. The molecule has 3 heterocycles. The lowest BCUT2D eigenvalue weighted by Gasteiger charge is -2.32. The molecule has 3 aliphatic rings. The number of nitrogens with zero attached hydrogens (tertiary/aromatic N) is 3. The van der Waals surface area contributed by atoms with E-state index in [2.05, 4.69) is 65.9 Å². The summed E-state index contributed by atoms with van der Waals surface area (Å²) in [6, 6.07) is 10.8. The number of anilines is 1. The number of allylic oxidation sites excluding steroid dienone is 5. The van der Waals surface area contributed by atoms with E-state index in [-0.39, 0.29) is 6.10 Å². The Bertz CT molecular complexity index is 1380. The SMILES string of the molecule is C=c1[nH]c(-c2ccc(N3CCOCC3)cc2)n/c1=C(/C=C\C)C1(C)C=C(C#N)C(OC2CCOCC2)=CC1. The van der Waals surface area contributed by atoms with E-state index >= 15 is 0 Å². The van der Waals surface area contributed by atoms with Gasteiger partial charge in [0.05, 0.1) is 42.7 Å². The molecule has 2 aromatic rings. The fraction of sp³-hybridized carbons (Fsp3) is 0.419. The lowest BCUT2D eigenvalue weighted by molar-refractivity contribution is -0.00206. The summed E-state index contributed by atoms with van der Waals surface area (Å²) in [5.41, 5.74) is 3.35. The van der Waals surface area contributed by atoms with Crippen LogP contribution in [0.15, 0.2) is 59.9 Å². The van der Waals surface area contributed by atoms with Crippen molar-refractivity contribution in [3.8, 4) is 17.5 Å². The molecule has 2 fully saturated rings. The smallest absolute Gasteiger partial charge is 0.138 e. The first-order chi connectivity index (χ1) is 18.5. The van der Waals surface area contributed by atoms with Gasteiger partial charge in [0.15, 0.2) is 0 Å². The number of imidazole rings is 1. The van der Waals surface area contributed by atoms with Gasteiger partial charge in [0.2, 0.25) is 0 Å². The van der Waals surface area contributed by atoms with E-state index < -0.39 is 5.41 Å². The Labute approximate surface area is 224 Å². The van der Waals surface area contributed by atoms with Crippen molar-refractivity contribution >= 4 is 17.8 Å². The highest BCUT2D eigenvalue weighted by Crippen LogP contribution is 2.41. The van der Waals surface area contributed by atoms with Crippen LogP contribution in [0.1, 0.15) is 33.1 Å². The van der Waals surface area contributed by atoms with Gasteiger partial charge < -0.3 is 24.1 Å². The molecule has 1 unspecified atom stereocenters. The zero-order valence-electron chi connectivity index (χ0n) is 22.3. The van der Waals surface area contributed by atoms with Gasteiger partial charge in [0.1, 0.15) is 23.8 Å². The molecule has 0 radical (unpaired) electrons. The van der Waals surface area contributed by atoms with Gasteiger partial charge in [-0.3, -0.25) is 0 Å². The maximum Gasteiger partial charge on any atom is 0.138 e. The van der Waals surface area contributed by atoms with Gasteiger partial charge >= 0.3 is 0 Å². The lowest BCUT2D eigenvalue weighted by Crippen LogP contribution is -2.36. The molecule has 1 aromatic heterocycles. The van der Waals surface area contributed by atoms with Crippen LogP contribution in [0.5, 0.6) is 0 Å². The van der Waals surface area contributed by atoms with Crippen LogP contribution >= 0.6 is 0 Å². The fourth-order valence-corrected chi connectivity index (χ4v) is 5.35. The number of hydrogen-bond donors (Lipinski definition) is 1. The Kier molecular flexibility index (Phi) is 7.82. The first kappa shape index (κ1) is 26.0. The number of H-pyrrole nitrogens is 1. The molecule has 0 amide bonds. The summed E-state index contributed by atoms with van der Waals surface area (Å²) in [6.45, 7) is 13.2. The maximum absolute atomic E-state index is 9.99. The predicted molar refractivity (Wildman–Crippen MR) is 149 cm³/mol. The van der Waals surface area contributed by atoms with Gasteiger partial charge in [0.25, 0.3) is 0 Å². The molecule has 2 aliphatic heterocycles. The van der Waals surface area contributed by atoms with Crippen LogP contribution in [-0.4, -0.2) is 55.6 Å². The Morgan fingerprint density at radius 3 is 2.58 bits per heavy atom. The van der Waals surface area contributed by atoms with E-state index in [0.29, 0.717) is 31.0 Å². The Balaban J connectivity index is 1.45. The molecule has 38 heavy (non-hydrogen) atoms. The molecule has 1 aromatic carbocycles. The van der Waals surface area contributed by atoms with Crippen molar-refractivity contribution < 1.29 is 14.2 Å². The largest absolute Gasteiger partial charge is 0.489 e. The van der Waals surface area contributed by atoms with E-state index in [0.717, 1.165) is 66.8 Å². The van der Waals surface area contributed by atoms with E-state index in [9.17, 15) is 5.26 Å². The van der Waals surface area contributed by atoms with Crippen LogP contribution in [0.25, 0.3) is 23.5 Å². The predicted octanol–water partition coefficient (Wildman–Crippen LogP) is 3.99. The van der Waals surface area contributed by atoms with Crippen molar-refractivity contribution in [2.24, 2.45) is 5.41 Å². The zero-order chi connectivity index (χ0) is 26.5. The zero-order valence-corrected chi connectivity index (χ0v) is 22.3. The monoisotopic (exact) mass is 512 g/mol. The van der Waals surface area contributed by atoms with E-state index in [1.54, 1.807) is 0 Å². The number of nitrogens with one attached hydrogen (secondary N) is 1. The van der Waals surface area contributed by atoms with Gasteiger partial charge in [-0.25, -0.2) is 4.98 Å². The quantitative estimate of drug-likeness (QED) is 0.630. The van der Waals surface area contributed by atoms with Crippen molar-refractivity contribution in [3.05, 3.63) is 70.6 Å². The van der Waals surface area contributed by atoms with Crippen LogP contribution in [0.3, 0.4) is 0 Å². The number of benzene rings is 1. The Morgan fingerprint density at radius 2 is 1.89 bits per heavy atom. The van der Waals surface area contributed by atoms with Crippen LogP contribution in [-0.2, 0) is 14.2 Å². The molecule has 0 spiro atoms. The average molecular weight is 513 g/mol. The average Bonchev–Trinajstić information content (AvgIpc) is 3.34. The second-order valence-corrected chi connectivity index (χ2v) is 10.3. The fourth-order valence-electron chi connectivity index (χ4n) is 5.35. The van der Waals surface area contributed by atoms with Gasteiger partial charge in [-0.05, 0) is 49.3 Å². The highest BCUT2D eigenvalue weighted by molar-refractivity contribution is 5.68. The van der Waals surface area contributed by atoms with Crippen molar-refractivity contribution in [2.45, 2.75) is 39.2 Å². The standard InChI is InChI=1S/C31H36N4O3/c1-4-5-27(31(3)13-10-28(24(20-31)21-32)38-26-11-16-36-17-12-26)29-22(2)33-30(34-29)23-6-8-25(9-7-23)35-14-18-37-19-15-35/h4-10,20,26H,2,11-19H2,1,3H3,(H,33,34)/b5-4-,29-27-. The van der Waals surface area contributed by atoms with Crippen molar-refractivity contribution in [3.63, 3.8) is 0 Å². The molecule has 198 valence electrons. The summed E-state index contributed by atoms with van der Waals surface area (Å²) in [5.74, 6) is 1.46. The highest BCUT2D eigenvalue weighted by Gasteiger charge is 2.32. The summed E-state index contributed by atoms with van der Waals surface area (Å²) in [5, 5.41) is 11.6. The van der Waals surface area contributed by atoms with Crippen molar-refractivity contribution in [1.82, 2.24) is 9.97 Å². The molecule has 1 N–H and O–H groups in total. The first-order valence-corrected chi connectivity index (χ1v) is 13.4. The third-order valence-corrected chi connectivity index (χ3v) is 7.52. The molecule has 7 heteroatoms. The van der Waals surface area contributed by atoms with Gasteiger partial charge in [-0.15, -0.1) is 0 Å². The molecule has 1 aliphatic carbocycles. The van der Waals surface area contributed by atoms with Crippen LogP contribution in [0.4, 0.5) is 5.69 Å². The topological polar surface area (TPSA) is 83.4 Å². The second kappa shape index (κ2) is 11.4.